The Bertz CT molecular complexity index is 415. The molecule has 3 nitrogen and oxygen atoms in total. The lowest BCUT2D eigenvalue weighted by Crippen LogP contribution is -2.14. The summed E-state index contributed by atoms with van der Waals surface area (Å²) in [4.78, 5) is 12.5. The lowest BCUT2D eigenvalue weighted by atomic mass is 10.2. The van der Waals surface area contributed by atoms with Gasteiger partial charge in [-0.05, 0) is 6.07 Å². The van der Waals surface area contributed by atoms with E-state index in [-0.39, 0.29) is 0 Å². The molecule has 0 aliphatic carbocycles. The van der Waals surface area contributed by atoms with Crippen molar-refractivity contribution >= 4 is 0 Å². The molecule has 0 atom stereocenters. The number of rotatable bonds is 0. The Kier molecular flexibility index (Phi) is 4.58. The molecule has 1 aromatic heterocycles. The highest BCUT2D eigenvalue weighted by molar-refractivity contribution is 5.30. The highest BCUT2D eigenvalue weighted by atomic mass is 19.4. The maximum atomic E-state index is 12.0. The number of nitrogens with zero attached hydrogens (tertiary/aromatic N) is 1. The second-order valence-electron chi connectivity index (χ2n) is 2.24. The quantitative estimate of drug-likeness (QED) is 0.726. The Labute approximate surface area is 84.2 Å². The minimum atomic E-state index is -4.55. The Hall–Kier alpha value is -1.77. The van der Waals surface area contributed by atoms with E-state index in [1.807, 2.05) is 18.8 Å². The number of hydrogen-bond acceptors (Lipinski definition) is 2. The fourth-order valence-corrected chi connectivity index (χ4v) is 0.730. The molecule has 0 amide bonds. The van der Waals surface area contributed by atoms with Crippen LogP contribution in [0, 0.1) is 11.3 Å². The molecule has 82 valence electrons. The van der Waals surface area contributed by atoms with Gasteiger partial charge in [-0.15, -0.1) is 0 Å². The van der Waals surface area contributed by atoms with Gasteiger partial charge < -0.3 is 4.98 Å². The molecule has 0 radical (unpaired) electrons. The van der Waals surface area contributed by atoms with Crippen LogP contribution in [0.5, 0.6) is 0 Å². The summed E-state index contributed by atoms with van der Waals surface area (Å²) in [5.74, 6) is 0. The minimum absolute atomic E-state index is 0.513. The summed E-state index contributed by atoms with van der Waals surface area (Å²) in [6.45, 7) is 4.00. The zero-order valence-electron chi connectivity index (χ0n) is 8.14. The third-order valence-electron chi connectivity index (χ3n) is 1.35. The smallest absolute Gasteiger partial charge is 0.327 e. The van der Waals surface area contributed by atoms with Gasteiger partial charge in [0, 0.05) is 6.20 Å². The van der Waals surface area contributed by atoms with Crippen molar-refractivity contribution in [3.05, 3.63) is 33.7 Å². The molecule has 0 saturated heterocycles. The van der Waals surface area contributed by atoms with Crippen molar-refractivity contribution in [2.24, 2.45) is 0 Å². The summed E-state index contributed by atoms with van der Waals surface area (Å²) >= 11 is 0. The van der Waals surface area contributed by atoms with E-state index in [0.29, 0.717) is 12.3 Å². The predicted octanol–water partition coefficient (Wildman–Crippen LogP) is 2.29. The van der Waals surface area contributed by atoms with Crippen molar-refractivity contribution < 1.29 is 13.2 Å². The topological polar surface area (TPSA) is 56.6 Å². The summed E-state index contributed by atoms with van der Waals surface area (Å²) in [5.41, 5.74) is -2.41. The average Bonchev–Trinajstić information content (AvgIpc) is 2.20. The monoisotopic (exact) mass is 218 g/mol. The highest BCUT2D eigenvalue weighted by Crippen LogP contribution is 2.28. The zero-order valence-corrected chi connectivity index (χ0v) is 8.14. The lowest BCUT2D eigenvalue weighted by molar-refractivity contribution is -0.137. The van der Waals surface area contributed by atoms with Gasteiger partial charge in [-0.2, -0.15) is 18.4 Å². The van der Waals surface area contributed by atoms with Crippen LogP contribution in [-0.4, -0.2) is 4.98 Å². The van der Waals surface area contributed by atoms with Gasteiger partial charge in [0.25, 0.3) is 5.56 Å². The molecule has 1 rings (SSSR count). The number of H-pyrrole nitrogens is 1. The van der Waals surface area contributed by atoms with E-state index in [1.165, 1.54) is 6.07 Å². The Morgan fingerprint density at radius 3 is 2.33 bits per heavy atom. The van der Waals surface area contributed by atoms with Gasteiger partial charge in [-0.3, -0.25) is 4.79 Å². The van der Waals surface area contributed by atoms with Gasteiger partial charge in [0.2, 0.25) is 0 Å². The fourth-order valence-electron chi connectivity index (χ4n) is 0.730. The van der Waals surface area contributed by atoms with E-state index in [2.05, 4.69) is 0 Å². The van der Waals surface area contributed by atoms with Crippen LogP contribution in [-0.2, 0) is 6.18 Å². The van der Waals surface area contributed by atoms with E-state index in [9.17, 15) is 18.0 Å². The molecule has 0 aromatic carbocycles. The highest BCUT2D eigenvalue weighted by Gasteiger charge is 2.31. The third kappa shape index (κ3) is 3.46. The SMILES string of the molecule is CC.N#Cc1cc(C(F)(F)F)c[nH]c1=O. The fraction of sp³-hybridized carbons (Fsp3) is 0.333. The lowest BCUT2D eigenvalue weighted by Gasteiger charge is -2.04. The molecule has 0 fully saturated rings. The maximum absolute atomic E-state index is 12.0. The van der Waals surface area contributed by atoms with Gasteiger partial charge >= 0.3 is 6.18 Å². The van der Waals surface area contributed by atoms with Gasteiger partial charge in [-0.25, -0.2) is 0 Å². The summed E-state index contributed by atoms with van der Waals surface area (Å²) < 4.78 is 36.0. The van der Waals surface area contributed by atoms with Crippen molar-refractivity contribution in [3.63, 3.8) is 0 Å². The average molecular weight is 218 g/mol. The zero-order chi connectivity index (χ0) is 12.1. The van der Waals surface area contributed by atoms with Crippen molar-refractivity contribution in [3.8, 4) is 6.07 Å². The number of halogens is 3. The molecule has 0 aliphatic rings. The number of pyridine rings is 1. The normalized spacial score (nSPS) is 9.87. The summed E-state index contributed by atoms with van der Waals surface area (Å²) in [6, 6.07) is 1.88. The minimum Gasteiger partial charge on any atom is -0.327 e. The Balaban J connectivity index is 0.000000921. The second kappa shape index (κ2) is 5.20. The molecule has 1 heterocycles. The van der Waals surface area contributed by atoms with Crippen LogP contribution < -0.4 is 5.56 Å². The van der Waals surface area contributed by atoms with Gasteiger partial charge in [0.15, 0.2) is 0 Å². The number of aromatic nitrogens is 1. The van der Waals surface area contributed by atoms with Crippen LogP contribution in [0.3, 0.4) is 0 Å². The van der Waals surface area contributed by atoms with Crippen LogP contribution in [0.25, 0.3) is 0 Å². The standard InChI is InChI=1S/C7H3F3N2O.C2H6/c8-7(9,10)5-1-4(2-11)6(13)12-3-5;1-2/h1,3H,(H,12,13);1-2H3. The van der Waals surface area contributed by atoms with Crippen LogP contribution in [0.2, 0.25) is 0 Å². The van der Waals surface area contributed by atoms with Crippen molar-refractivity contribution in [1.29, 1.82) is 5.26 Å². The molecule has 0 aliphatic heterocycles. The predicted molar refractivity (Wildman–Crippen MR) is 48.1 cm³/mol. The Morgan fingerprint density at radius 1 is 1.40 bits per heavy atom. The van der Waals surface area contributed by atoms with E-state index in [4.69, 9.17) is 5.26 Å². The summed E-state index contributed by atoms with van der Waals surface area (Å²) in [5, 5.41) is 8.27. The van der Waals surface area contributed by atoms with Crippen LogP contribution in [0.15, 0.2) is 17.1 Å². The molecule has 0 bridgehead atoms. The largest absolute Gasteiger partial charge is 0.417 e. The van der Waals surface area contributed by atoms with Crippen LogP contribution in [0.1, 0.15) is 25.0 Å². The van der Waals surface area contributed by atoms with Gasteiger partial charge in [0.05, 0.1) is 5.56 Å². The van der Waals surface area contributed by atoms with Gasteiger partial charge in [-0.1, -0.05) is 13.8 Å². The Morgan fingerprint density at radius 2 is 1.93 bits per heavy atom. The number of hydrogen-bond donors (Lipinski definition) is 1. The summed E-state index contributed by atoms with van der Waals surface area (Å²) in [7, 11) is 0. The molecule has 0 saturated carbocycles. The van der Waals surface area contributed by atoms with E-state index in [1.54, 1.807) is 0 Å². The molecular formula is C9H9F3N2O. The van der Waals surface area contributed by atoms with Crippen LogP contribution >= 0.6 is 0 Å². The van der Waals surface area contributed by atoms with Crippen molar-refractivity contribution in [1.82, 2.24) is 4.98 Å². The first-order valence-electron chi connectivity index (χ1n) is 4.15. The van der Waals surface area contributed by atoms with E-state index >= 15 is 0 Å². The molecule has 1 aromatic rings. The molecule has 0 unspecified atom stereocenters. The van der Waals surface area contributed by atoms with E-state index in [0.717, 1.165) is 0 Å². The first kappa shape index (κ1) is 13.2. The van der Waals surface area contributed by atoms with Gasteiger partial charge in [0.1, 0.15) is 11.6 Å². The second-order valence-corrected chi connectivity index (χ2v) is 2.24. The molecule has 15 heavy (non-hydrogen) atoms. The molecule has 1 N–H and O–H groups in total. The molecule has 6 heteroatoms. The van der Waals surface area contributed by atoms with Crippen molar-refractivity contribution in [2.45, 2.75) is 20.0 Å². The molecular weight excluding hydrogens is 209 g/mol. The third-order valence-corrected chi connectivity index (χ3v) is 1.35. The first-order valence-corrected chi connectivity index (χ1v) is 4.15. The number of aromatic amines is 1. The molecule has 0 spiro atoms. The van der Waals surface area contributed by atoms with E-state index < -0.39 is 22.9 Å². The first-order chi connectivity index (χ1) is 6.95. The number of nitriles is 1. The van der Waals surface area contributed by atoms with Crippen molar-refractivity contribution in [2.75, 3.05) is 0 Å². The number of nitrogens with one attached hydrogen (secondary N) is 1. The maximum Gasteiger partial charge on any atom is 0.417 e. The number of alkyl halides is 3. The summed E-state index contributed by atoms with van der Waals surface area (Å²) in [6.07, 6.45) is -4.01. The van der Waals surface area contributed by atoms with Crippen LogP contribution in [0.4, 0.5) is 13.2 Å².